The Morgan fingerprint density at radius 3 is 2.82 bits per heavy atom. The highest BCUT2D eigenvalue weighted by Gasteiger charge is 2.32. The van der Waals surface area contributed by atoms with Crippen LogP contribution in [0.15, 0.2) is 23.2 Å². The molecule has 8 heteroatoms. The van der Waals surface area contributed by atoms with Gasteiger partial charge in [0.2, 0.25) is 0 Å². The molecule has 2 fully saturated rings. The average molecular weight is 524 g/mol. The predicted molar refractivity (Wildman–Crippen MR) is 123 cm³/mol. The van der Waals surface area contributed by atoms with Gasteiger partial charge in [-0.2, -0.15) is 0 Å². The van der Waals surface area contributed by atoms with Gasteiger partial charge in [-0.05, 0) is 38.8 Å². The number of ether oxygens (including phenoxy) is 3. The van der Waals surface area contributed by atoms with E-state index >= 15 is 0 Å². The number of morpholine rings is 1. The first-order chi connectivity index (χ1) is 13.2. The maximum atomic E-state index is 6.10. The monoisotopic (exact) mass is 523 g/mol. The molecule has 0 amide bonds. The van der Waals surface area contributed by atoms with Gasteiger partial charge >= 0.3 is 0 Å². The molecule has 2 saturated heterocycles. The third-order valence-electron chi connectivity index (χ3n) is 4.84. The lowest BCUT2D eigenvalue weighted by Gasteiger charge is -2.37. The van der Waals surface area contributed by atoms with Crippen molar-refractivity contribution in [3.8, 4) is 5.75 Å². The third-order valence-corrected chi connectivity index (χ3v) is 5.07. The molecule has 2 unspecified atom stereocenters. The minimum Gasteiger partial charge on any atom is -0.493 e. The van der Waals surface area contributed by atoms with Gasteiger partial charge in [-0.3, -0.25) is 0 Å². The zero-order valence-electron chi connectivity index (χ0n) is 16.7. The van der Waals surface area contributed by atoms with E-state index in [4.69, 9.17) is 30.8 Å². The molecule has 2 aliphatic rings. The maximum Gasteiger partial charge on any atom is 0.194 e. The van der Waals surface area contributed by atoms with Crippen molar-refractivity contribution in [1.29, 1.82) is 0 Å². The first-order valence-electron chi connectivity index (χ1n) is 9.89. The van der Waals surface area contributed by atoms with Gasteiger partial charge in [0, 0.05) is 36.8 Å². The highest BCUT2D eigenvalue weighted by atomic mass is 127. The van der Waals surface area contributed by atoms with Crippen LogP contribution in [0.25, 0.3) is 0 Å². The van der Waals surface area contributed by atoms with Gasteiger partial charge in [0.05, 0.1) is 25.9 Å². The minimum atomic E-state index is 0. The number of guanidine groups is 1. The molecule has 6 nitrogen and oxygen atoms in total. The van der Waals surface area contributed by atoms with Crippen LogP contribution in [0.5, 0.6) is 5.75 Å². The Labute approximate surface area is 190 Å². The molecule has 0 radical (unpaired) electrons. The van der Waals surface area contributed by atoms with Crippen molar-refractivity contribution < 1.29 is 14.2 Å². The number of aliphatic imine (C=N–C) groups is 1. The smallest absolute Gasteiger partial charge is 0.194 e. The number of nitrogens with one attached hydrogen (secondary N) is 1. The Morgan fingerprint density at radius 2 is 2.11 bits per heavy atom. The molecule has 0 spiro atoms. The van der Waals surface area contributed by atoms with E-state index in [1.165, 1.54) is 0 Å². The summed E-state index contributed by atoms with van der Waals surface area (Å²) in [5, 5.41) is 4.08. The number of hydrogen-bond donors (Lipinski definition) is 1. The van der Waals surface area contributed by atoms with E-state index in [1.54, 1.807) is 0 Å². The van der Waals surface area contributed by atoms with Gasteiger partial charge in [-0.15, -0.1) is 24.0 Å². The fraction of sp³-hybridized carbons (Fsp3) is 0.650. The van der Waals surface area contributed by atoms with Crippen LogP contribution in [0.1, 0.15) is 32.3 Å². The topological polar surface area (TPSA) is 55.3 Å². The van der Waals surface area contributed by atoms with Crippen LogP contribution in [-0.4, -0.2) is 62.5 Å². The second-order valence-corrected chi connectivity index (χ2v) is 7.20. The SMILES string of the molecule is CCNC(=NCc1ccc(Cl)cc1OCC)N1CCOC(C2CCCO2)C1.I. The lowest BCUT2D eigenvalue weighted by atomic mass is 10.1. The Bertz CT molecular complexity index is 641. The zero-order chi connectivity index (χ0) is 19.1. The van der Waals surface area contributed by atoms with Crippen LogP contribution < -0.4 is 10.1 Å². The maximum absolute atomic E-state index is 6.10. The molecule has 2 atom stereocenters. The normalized spacial score (nSPS) is 22.7. The van der Waals surface area contributed by atoms with Crippen LogP contribution in [0.3, 0.4) is 0 Å². The number of nitrogens with zero attached hydrogens (tertiary/aromatic N) is 2. The molecule has 1 aromatic rings. The molecule has 2 aliphatic heterocycles. The molecule has 1 aromatic carbocycles. The lowest BCUT2D eigenvalue weighted by Crippen LogP contribution is -2.53. The molecular weight excluding hydrogens is 493 g/mol. The summed E-state index contributed by atoms with van der Waals surface area (Å²) >= 11 is 6.10. The van der Waals surface area contributed by atoms with Crippen LogP contribution in [0.4, 0.5) is 0 Å². The van der Waals surface area contributed by atoms with Crippen molar-refractivity contribution in [3.05, 3.63) is 28.8 Å². The number of hydrogen-bond acceptors (Lipinski definition) is 4. The zero-order valence-corrected chi connectivity index (χ0v) is 19.7. The molecule has 28 heavy (non-hydrogen) atoms. The van der Waals surface area contributed by atoms with E-state index in [1.807, 2.05) is 25.1 Å². The van der Waals surface area contributed by atoms with Crippen LogP contribution >= 0.6 is 35.6 Å². The predicted octanol–water partition coefficient (Wildman–Crippen LogP) is 3.70. The Morgan fingerprint density at radius 1 is 1.29 bits per heavy atom. The largest absolute Gasteiger partial charge is 0.493 e. The molecule has 0 saturated carbocycles. The van der Waals surface area contributed by atoms with E-state index < -0.39 is 0 Å². The second kappa shape index (κ2) is 12.0. The summed E-state index contributed by atoms with van der Waals surface area (Å²) in [6.07, 6.45) is 2.51. The second-order valence-electron chi connectivity index (χ2n) is 6.76. The van der Waals surface area contributed by atoms with E-state index in [0.717, 1.165) is 56.4 Å². The van der Waals surface area contributed by atoms with Gasteiger partial charge < -0.3 is 24.4 Å². The van der Waals surface area contributed by atoms with E-state index in [-0.39, 0.29) is 36.2 Å². The Balaban J connectivity index is 0.00000280. The molecule has 2 heterocycles. The van der Waals surface area contributed by atoms with Crippen molar-refractivity contribution in [3.63, 3.8) is 0 Å². The summed E-state index contributed by atoms with van der Waals surface area (Å²) in [6.45, 7) is 9.18. The average Bonchev–Trinajstić information content (AvgIpc) is 3.21. The standard InChI is InChI=1S/C20H30ClN3O3.HI/c1-3-22-20(23-13-15-7-8-16(21)12-18(15)25-4-2)24-9-11-27-19(14-24)17-6-5-10-26-17;/h7-8,12,17,19H,3-6,9-11,13-14H2,1-2H3,(H,22,23);1H. The fourth-order valence-electron chi connectivity index (χ4n) is 3.52. The molecule has 0 bridgehead atoms. The Kier molecular flexibility index (Phi) is 10.1. The molecule has 0 aliphatic carbocycles. The van der Waals surface area contributed by atoms with Crippen molar-refractivity contribution in [2.24, 2.45) is 4.99 Å². The number of halogens is 2. The van der Waals surface area contributed by atoms with Gasteiger partial charge in [0.1, 0.15) is 11.9 Å². The molecule has 1 N–H and O–H groups in total. The summed E-state index contributed by atoms with van der Waals surface area (Å²) in [6, 6.07) is 5.71. The van der Waals surface area contributed by atoms with E-state index in [9.17, 15) is 0 Å². The summed E-state index contributed by atoms with van der Waals surface area (Å²) in [4.78, 5) is 7.13. The molecule has 0 aromatic heterocycles. The highest BCUT2D eigenvalue weighted by Crippen LogP contribution is 2.25. The quantitative estimate of drug-likeness (QED) is 0.350. The summed E-state index contributed by atoms with van der Waals surface area (Å²) in [7, 11) is 0. The number of benzene rings is 1. The van der Waals surface area contributed by atoms with E-state index in [2.05, 4.69) is 17.1 Å². The molecule has 3 rings (SSSR count). The first-order valence-corrected chi connectivity index (χ1v) is 10.3. The van der Waals surface area contributed by atoms with Gasteiger partial charge in [-0.1, -0.05) is 17.7 Å². The summed E-state index contributed by atoms with van der Waals surface area (Å²) in [5.41, 5.74) is 1.03. The van der Waals surface area contributed by atoms with Gasteiger partial charge in [0.25, 0.3) is 0 Å². The van der Waals surface area contributed by atoms with Gasteiger partial charge in [-0.25, -0.2) is 4.99 Å². The van der Waals surface area contributed by atoms with Crippen molar-refractivity contribution >= 4 is 41.5 Å². The first kappa shape index (κ1) is 23.5. The fourth-order valence-corrected chi connectivity index (χ4v) is 3.69. The van der Waals surface area contributed by atoms with Crippen LogP contribution in [0, 0.1) is 0 Å². The summed E-state index contributed by atoms with van der Waals surface area (Å²) in [5.74, 6) is 1.70. The number of rotatable bonds is 6. The van der Waals surface area contributed by atoms with Crippen LogP contribution in [0.2, 0.25) is 5.02 Å². The third kappa shape index (κ3) is 6.37. The molecular formula is C20H31ClIN3O3. The van der Waals surface area contributed by atoms with E-state index in [0.29, 0.717) is 24.8 Å². The lowest BCUT2D eigenvalue weighted by molar-refractivity contribution is -0.0817. The minimum absolute atomic E-state index is 0. The Hall–Kier alpha value is -0.770. The molecule has 158 valence electrons. The summed E-state index contributed by atoms with van der Waals surface area (Å²) < 4.78 is 17.5. The van der Waals surface area contributed by atoms with Crippen molar-refractivity contribution in [2.75, 3.05) is 39.5 Å². The van der Waals surface area contributed by atoms with Crippen molar-refractivity contribution in [1.82, 2.24) is 10.2 Å². The van der Waals surface area contributed by atoms with Crippen LogP contribution in [-0.2, 0) is 16.0 Å². The highest BCUT2D eigenvalue weighted by molar-refractivity contribution is 14.0. The van der Waals surface area contributed by atoms with Gasteiger partial charge in [0.15, 0.2) is 5.96 Å². The van der Waals surface area contributed by atoms with Crippen molar-refractivity contribution in [2.45, 2.75) is 45.4 Å².